The van der Waals surface area contributed by atoms with Crippen LogP contribution in [0.1, 0.15) is 6.42 Å². The highest BCUT2D eigenvalue weighted by molar-refractivity contribution is 5.85. The van der Waals surface area contributed by atoms with Crippen LogP contribution in [0.2, 0.25) is 0 Å². The molecule has 1 aliphatic heterocycles. The minimum absolute atomic E-state index is 0. The fourth-order valence-electron chi connectivity index (χ4n) is 0.535. The first-order valence-corrected chi connectivity index (χ1v) is 2.34. The lowest BCUT2D eigenvalue weighted by molar-refractivity contribution is 0.329. The predicted octanol–water partition coefficient (Wildman–Crippen LogP) is -0.0530. The first-order chi connectivity index (χ1) is 2.93. The van der Waals surface area contributed by atoms with Crippen LogP contribution in [0.15, 0.2) is 0 Å². The summed E-state index contributed by atoms with van der Waals surface area (Å²) in [7, 11) is 1.97. The van der Waals surface area contributed by atoms with E-state index < -0.39 is 0 Å². The van der Waals surface area contributed by atoms with Gasteiger partial charge in [-0.05, 0) is 20.0 Å². The van der Waals surface area contributed by atoms with Crippen molar-refractivity contribution >= 4 is 12.4 Å². The van der Waals surface area contributed by atoms with Gasteiger partial charge in [-0.1, -0.05) is 0 Å². The van der Waals surface area contributed by atoms with Crippen molar-refractivity contribution < 1.29 is 0 Å². The third kappa shape index (κ3) is 1.63. The summed E-state index contributed by atoms with van der Waals surface area (Å²) in [6.07, 6.45) is 1.90. The Kier molecular flexibility index (Phi) is 3.34. The van der Waals surface area contributed by atoms with E-state index in [1.807, 2.05) is 7.05 Å². The van der Waals surface area contributed by atoms with E-state index in [9.17, 15) is 0 Å². The fourth-order valence-corrected chi connectivity index (χ4v) is 0.535. The Morgan fingerprint density at radius 2 is 2.29 bits per heavy atom. The fraction of sp³-hybridized carbons (Fsp3) is 1.00. The minimum atomic E-state index is 0. The van der Waals surface area contributed by atoms with Crippen LogP contribution >= 0.6 is 12.4 Å². The summed E-state index contributed by atoms with van der Waals surface area (Å²) in [6.45, 7) is 1.19. The lowest BCUT2D eigenvalue weighted by atomic mass is 10.2. The molecule has 1 saturated heterocycles. The van der Waals surface area contributed by atoms with E-state index in [-0.39, 0.29) is 12.4 Å². The highest BCUT2D eigenvalue weighted by Crippen LogP contribution is 1.93. The number of hydrogen-bond donors (Lipinski definition) is 2. The maximum atomic E-state index is 3.18. The first kappa shape index (κ1) is 7.21. The van der Waals surface area contributed by atoms with Gasteiger partial charge >= 0.3 is 0 Å². The van der Waals surface area contributed by atoms with Gasteiger partial charge in [-0.15, -0.1) is 12.4 Å². The second kappa shape index (κ2) is 3.24. The van der Waals surface area contributed by atoms with Gasteiger partial charge in [-0.25, -0.2) is 0 Å². The van der Waals surface area contributed by atoms with Crippen LogP contribution in [0.3, 0.4) is 0 Å². The quantitative estimate of drug-likeness (QED) is 0.510. The van der Waals surface area contributed by atoms with E-state index in [4.69, 9.17) is 0 Å². The molecule has 0 aromatic carbocycles. The molecule has 1 aliphatic rings. The summed E-state index contributed by atoms with van der Waals surface area (Å²) in [5, 5.41) is 6.27. The summed E-state index contributed by atoms with van der Waals surface area (Å²) in [5.41, 5.74) is 0. The van der Waals surface area contributed by atoms with Gasteiger partial charge in [0.1, 0.15) is 0 Å². The van der Waals surface area contributed by atoms with Crippen molar-refractivity contribution in [1.82, 2.24) is 10.6 Å². The lowest BCUT2D eigenvalue weighted by Crippen LogP contribution is -2.51. The Labute approximate surface area is 50.1 Å². The van der Waals surface area contributed by atoms with Gasteiger partial charge < -0.3 is 10.6 Å². The van der Waals surface area contributed by atoms with Crippen molar-refractivity contribution in [3.8, 4) is 0 Å². The number of nitrogens with one attached hydrogen (secondary N) is 2. The molecular formula is C4H11ClN2. The van der Waals surface area contributed by atoms with Gasteiger partial charge in [0.05, 0.1) is 6.17 Å². The standard InChI is InChI=1S/C4H10N2.ClH/c1-5-4-2-3-6-4;/h4-6H,2-3H2,1H3;1H. The van der Waals surface area contributed by atoms with Crippen molar-refractivity contribution in [2.24, 2.45) is 0 Å². The van der Waals surface area contributed by atoms with Crippen molar-refractivity contribution in [2.75, 3.05) is 13.6 Å². The molecule has 1 heterocycles. The molecule has 0 radical (unpaired) electrons. The lowest BCUT2D eigenvalue weighted by Gasteiger charge is -2.26. The summed E-state index contributed by atoms with van der Waals surface area (Å²) in [5.74, 6) is 0. The van der Waals surface area contributed by atoms with Crippen molar-refractivity contribution in [2.45, 2.75) is 12.6 Å². The summed E-state index contributed by atoms with van der Waals surface area (Å²) in [4.78, 5) is 0. The first-order valence-electron chi connectivity index (χ1n) is 2.34. The Morgan fingerprint density at radius 3 is 2.29 bits per heavy atom. The molecule has 1 rings (SSSR count). The molecule has 0 aromatic rings. The summed E-state index contributed by atoms with van der Waals surface area (Å²) in [6, 6.07) is 0. The molecule has 1 unspecified atom stereocenters. The molecule has 0 aliphatic carbocycles. The average molecular weight is 123 g/mol. The Balaban J connectivity index is 0.000000360. The topological polar surface area (TPSA) is 24.1 Å². The minimum Gasteiger partial charge on any atom is -0.305 e. The largest absolute Gasteiger partial charge is 0.305 e. The van der Waals surface area contributed by atoms with Crippen LogP contribution in [0.25, 0.3) is 0 Å². The van der Waals surface area contributed by atoms with Crippen LogP contribution in [0.4, 0.5) is 0 Å². The SMILES string of the molecule is CNC1CCN1.Cl. The van der Waals surface area contributed by atoms with Gasteiger partial charge in [-0.3, -0.25) is 0 Å². The van der Waals surface area contributed by atoms with Gasteiger partial charge in [0.2, 0.25) is 0 Å². The summed E-state index contributed by atoms with van der Waals surface area (Å²) >= 11 is 0. The maximum Gasteiger partial charge on any atom is 0.0581 e. The third-order valence-corrected chi connectivity index (χ3v) is 1.17. The molecule has 0 aromatic heterocycles. The van der Waals surface area contributed by atoms with Crippen LogP contribution in [0.5, 0.6) is 0 Å². The van der Waals surface area contributed by atoms with Gasteiger partial charge in [-0.2, -0.15) is 0 Å². The molecule has 1 fully saturated rings. The second-order valence-electron chi connectivity index (χ2n) is 1.58. The molecule has 2 nitrogen and oxygen atoms in total. The van der Waals surface area contributed by atoms with E-state index in [1.165, 1.54) is 13.0 Å². The Hall–Kier alpha value is 0.210. The van der Waals surface area contributed by atoms with Crippen LogP contribution in [0, 0.1) is 0 Å². The molecule has 3 heteroatoms. The van der Waals surface area contributed by atoms with Crippen LogP contribution in [-0.4, -0.2) is 19.8 Å². The molecule has 0 saturated carbocycles. The number of rotatable bonds is 1. The van der Waals surface area contributed by atoms with E-state index in [1.54, 1.807) is 0 Å². The molecule has 1 atom stereocenters. The molecule has 2 N–H and O–H groups in total. The zero-order chi connectivity index (χ0) is 4.41. The number of halogens is 1. The van der Waals surface area contributed by atoms with E-state index in [0.717, 1.165) is 0 Å². The van der Waals surface area contributed by atoms with Crippen molar-refractivity contribution in [3.05, 3.63) is 0 Å². The summed E-state index contributed by atoms with van der Waals surface area (Å²) < 4.78 is 0. The number of hydrogen-bond acceptors (Lipinski definition) is 2. The zero-order valence-electron chi connectivity index (χ0n) is 4.40. The third-order valence-electron chi connectivity index (χ3n) is 1.17. The predicted molar refractivity (Wildman–Crippen MR) is 32.7 cm³/mol. The maximum absolute atomic E-state index is 3.18. The molecule has 44 valence electrons. The average Bonchev–Trinajstić information content (AvgIpc) is 1.31. The van der Waals surface area contributed by atoms with E-state index in [2.05, 4.69) is 10.6 Å². The highest BCUT2D eigenvalue weighted by Gasteiger charge is 2.11. The van der Waals surface area contributed by atoms with Gasteiger partial charge in [0, 0.05) is 0 Å². The van der Waals surface area contributed by atoms with Crippen molar-refractivity contribution in [3.63, 3.8) is 0 Å². The smallest absolute Gasteiger partial charge is 0.0581 e. The van der Waals surface area contributed by atoms with Gasteiger partial charge in [0.15, 0.2) is 0 Å². The monoisotopic (exact) mass is 122 g/mol. The molecule has 0 bridgehead atoms. The highest BCUT2D eigenvalue weighted by atomic mass is 35.5. The second-order valence-corrected chi connectivity index (χ2v) is 1.58. The van der Waals surface area contributed by atoms with E-state index in [0.29, 0.717) is 6.17 Å². The molecular weight excluding hydrogens is 112 g/mol. The zero-order valence-corrected chi connectivity index (χ0v) is 5.22. The molecule has 0 amide bonds. The van der Waals surface area contributed by atoms with Gasteiger partial charge in [0.25, 0.3) is 0 Å². The molecule has 7 heavy (non-hydrogen) atoms. The van der Waals surface area contributed by atoms with Crippen LogP contribution < -0.4 is 10.6 Å². The molecule has 0 spiro atoms. The Bertz CT molecular complexity index is 42.2. The Morgan fingerprint density at radius 1 is 1.71 bits per heavy atom. The van der Waals surface area contributed by atoms with Crippen molar-refractivity contribution in [1.29, 1.82) is 0 Å². The normalized spacial score (nSPS) is 27.9. The van der Waals surface area contributed by atoms with E-state index >= 15 is 0 Å². The van der Waals surface area contributed by atoms with Crippen LogP contribution in [-0.2, 0) is 0 Å².